The van der Waals surface area contributed by atoms with Crippen LogP contribution in [0.2, 0.25) is 0 Å². The highest BCUT2D eigenvalue weighted by atomic mass is 16.3. The smallest absolute Gasteiger partial charge is 0.0610 e. The average molecular weight is 240 g/mol. The molecular formula is C14H28N2O. The van der Waals surface area contributed by atoms with Crippen LogP contribution in [0.5, 0.6) is 0 Å². The molecule has 2 aliphatic rings. The second-order valence-electron chi connectivity index (χ2n) is 6.27. The molecule has 2 atom stereocenters. The minimum Gasteiger partial charge on any atom is -0.394 e. The fraction of sp³-hybridized carbons (Fsp3) is 1.00. The molecule has 1 aliphatic carbocycles. The fourth-order valence-electron chi connectivity index (χ4n) is 2.91. The number of hydrogen-bond donors (Lipinski definition) is 2. The van der Waals surface area contributed by atoms with Crippen molar-refractivity contribution in [3.8, 4) is 0 Å². The Balaban J connectivity index is 1.67. The predicted molar refractivity (Wildman–Crippen MR) is 71.2 cm³/mol. The number of nitrogens with one attached hydrogen (secondary N) is 1. The summed E-state index contributed by atoms with van der Waals surface area (Å²) >= 11 is 0. The standard InChI is InChI=1S/C14H28N2O/c1-12-5-3-9-16(12)10-4-8-14(2,11-17)15-13-6-7-13/h12-13,15,17H,3-11H2,1-2H3. The molecule has 1 aliphatic heterocycles. The Kier molecular flexibility index (Phi) is 4.45. The van der Waals surface area contributed by atoms with E-state index >= 15 is 0 Å². The van der Waals surface area contributed by atoms with Gasteiger partial charge < -0.3 is 15.3 Å². The molecule has 3 nitrogen and oxygen atoms in total. The number of rotatable bonds is 7. The third-order valence-electron chi connectivity index (χ3n) is 4.34. The first-order valence-corrected chi connectivity index (χ1v) is 7.25. The van der Waals surface area contributed by atoms with Gasteiger partial charge in [0, 0.05) is 17.6 Å². The summed E-state index contributed by atoms with van der Waals surface area (Å²) in [5, 5.41) is 13.1. The van der Waals surface area contributed by atoms with Crippen molar-refractivity contribution in [1.82, 2.24) is 10.2 Å². The van der Waals surface area contributed by atoms with Crippen molar-refractivity contribution >= 4 is 0 Å². The van der Waals surface area contributed by atoms with Gasteiger partial charge in [0.05, 0.1) is 6.61 Å². The van der Waals surface area contributed by atoms with Crippen LogP contribution in [0, 0.1) is 0 Å². The predicted octanol–water partition coefficient (Wildman–Crippen LogP) is 1.75. The van der Waals surface area contributed by atoms with Crippen LogP contribution >= 0.6 is 0 Å². The first kappa shape index (κ1) is 13.3. The van der Waals surface area contributed by atoms with E-state index < -0.39 is 0 Å². The fourth-order valence-corrected chi connectivity index (χ4v) is 2.91. The molecule has 0 amide bonds. The molecule has 1 saturated heterocycles. The highest BCUT2D eigenvalue weighted by Gasteiger charge is 2.31. The van der Waals surface area contributed by atoms with Crippen LogP contribution in [0.4, 0.5) is 0 Å². The quantitative estimate of drug-likeness (QED) is 0.712. The summed E-state index contributed by atoms with van der Waals surface area (Å²) in [6.07, 6.45) is 7.58. The van der Waals surface area contributed by atoms with Gasteiger partial charge in [-0.1, -0.05) is 0 Å². The molecular weight excluding hydrogens is 212 g/mol. The summed E-state index contributed by atoms with van der Waals surface area (Å²) in [5.41, 5.74) is -0.0515. The minimum atomic E-state index is -0.0515. The van der Waals surface area contributed by atoms with Gasteiger partial charge in [-0.3, -0.25) is 0 Å². The Morgan fingerprint density at radius 1 is 1.35 bits per heavy atom. The highest BCUT2D eigenvalue weighted by Crippen LogP contribution is 2.25. The number of hydrogen-bond acceptors (Lipinski definition) is 3. The lowest BCUT2D eigenvalue weighted by molar-refractivity contribution is 0.154. The Morgan fingerprint density at radius 2 is 2.12 bits per heavy atom. The summed E-state index contributed by atoms with van der Waals surface area (Å²) in [4.78, 5) is 2.59. The molecule has 17 heavy (non-hydrogen) atoms. The third-order valence-corrected chi connectivity index (χ3v) is 4.34. The average Bonchev–Trinajstić information content (AvgIpc) is 3.02. The van der Waals surface area contributed by atoms with E-state index in [2.05, 4.69) is 24.1 Å². The number of aliphatic hydroxyl groups excluding tert-OH is 1. The van der Waals surface area contributed by atoms with E-state index in [0.717, 1.165) is 12.5 Å². The summed E-state index contributed by atoms with van der Waals surface area (Å²) < 4.78 is 0. The van der Waals surface area contributed by atoms with Crippen molar-refractivity contribution in [2.24, 2.45) is 0 Å². The van der Waals surface area contributed by atoms with E-state index in [0.29, 0.717) is 6.04 Å². The summed E-state index contributed by atoms with van der Waals surface area (Å²) in [7, 11) is 0. The summed E-state index contributed by atoms with van der Waals surface area (Å²) in [5.74, 6) is 0. The summed E-state index contributed by atoms with van der Waals surface area (Å²) in [6.45, 7) is 7.23. The van der Waals surface area contributed by atoms with Gasteiger partial charge in [0.15, 0.2) is 0 Å². The van der Waals surface area contributed by atoms with Crippen LogP contribution in [0.25, 0.3) is 0 Å². The molecule has 3 heteroatoms. The first-order chi connectivity index (χ1) is 8.13. The molecule has 1 heterocycles. The van der Waals surface area contributed by atoms with Crippen LogP contribution in [-0.2, 0) is 0 Å². The highest BCUT2D eigenvalue weighted by molar-refractivity contribution is 4.92. The SMILES string of the molecule is CC1CCCN1CCCC(C)(CO)NC1CC1. The monoisotopic (exact) mass is 240 g/mol. The van der Waals surface area contributed by atoms with Crippen molar-refractivity contribution in [1.29, 1.82) is 0 Å². The molecule has 0 aromatic carbocycles. The Bertz CT molecular complexity index is 242. The van der Waals surface area contributed by atoms with Crippen LogP contribution in [0.3, 0.4) is 0 Å². The third kappa shape index (κ3) is 3.94. The topological polar surface area (TPSA) is 35.5 Å². The molecule has 0 aromatic rings. The van der Waals surface area contributed by atoms with Gasteiger partial charge in [-0.05, 0) is 65.5 Å². The Hall–Kier alpha value is -0.120. The second kappa shape index (κ2) is 5.68. The zero-order valence-corrected chi connectivity index (χ0v) is 11.4. The molecule has 0 spiro atoms. The Labute approximate surface area is 106 Å². The van der Waals surface area contributed by atoms with Gasteiger partial charge in [0.2, 0.25) is 0 Å². The van der Waals surface area contributed by atoms with E-state index in [9.17, 15) is 5.11 Å². The van der Waals surface area contributed by atoms with E-state index in [4.69, 9.17) is 0 Å². The molecule has 1 saturated carbocycles. The lowest BCUT2D eigenvalue weighted by Crippen LogP contribution is -2.47. The molecule has 100 valence electrons. The molecule has 2 fully saturated rings. The van der Waals surface area contributed by atoms with Gasteiger partial charge in [-0.15, -0.1) is 0 Å². The minimum absolute atomic E-state index is 0.0515. The van der Waals surface area contributed by atoms with Crippen molar-refractivity contribution in [3.63, 3.8) is 0 Å². The zero-order chi connectivity index (χ0) is 12.3. The van der Waals surface area contributed by atoms with E-state index in [-0.39, 0.29) is 12.1 Å². The maximum Gasteiger partial charge on any atom is 0.0610 e. The van der Waals surface area contributed by atoms with Crippen LogP contribution in [-0.4, -0.2) is 47.3 Å². The van der Waals surface area contributed by atoms with Gasteiger partial charge in [-0.2, -0.15) is 0 Å². The number of aliphatic hydroxyl groups is 1. The first-order valence-electron chi connectivity index (χ1n) is 7.25. The molecule has 0 radical (unpaired) electrons. The van der Waals surface area contributed by atoms with Crippen LogP contribution < -0.4 is 5.32 Å². The van der Waals surface area contributed by atoms with Crippen LogP contribution in [0.1, 0.15) is 52.4 Å². The molecule has 0 aromatic heterocycles. The van der Waals surface area contributed by atoms with Crippen molar-refractivity contribution in [2.75, 3.05) is 19.7 Å². The molecule has 2 unspecified atom stereocenters. The maximum absolute atomic E-state index is 9.53. The number of nitrogens with zero attached hydrogens (tertiary/aromatic N) is 1. The maximum atomic E-state index is 9.53. The van der Waals surface area contributed by atoms with Gasteiger partial charge >= 0.3 is 0 Å². The van der Waals surface area contributed by atoms with E-state index in [1.165, 1.54) is 45.2 Å². The van der Waals surface area contributed by atoms with E-state index in [1.807, 2.05) is 0 Å². The van der Waals surface area contributed by atoms with Crippen molar-refractivity contribution < 1.29 is 5.11 Å². The largest absolute Gasteiger partial charge is 0.394 e. The second-order valence-corrected chi connectivity index (χ2v) is 6.27. The van der Waals surface area contributed by atoms with E-state index in [1.54, 1.807) is 0 Å². The normalized spacial score (nSPS) is 29.5. The molecule has 2 rings (SSSR count). The zero-order valence-electron chi connectivity index (χ0n) is 11.4. The van der Waals surface area contributed by atoms with Crippen molar-refractivity contribution in [3.05, 3.63) is 0 Å². The van der Waals surface area contributed by atoms with Gasteiger partial charge in [0.25, 0.3) is 0 Å². The number of likely N-dealkylation sites (tertiary alicyclic amines) is 1. The lowest BCUT2D eigenvalue weighted by atomic mass is 9.96. The molecule has 0 bridgehead atoms. The van der Waals surface area contributed by atoms with Crippen molar-refractivity contribution in [2.45, 2.75) is 70.0 Å². The van der Waals surface area contributed by atoms with Gasteiger partial charge in [-0.25, -0.2) is 0 Å². The van der Waals surface area contributed by atoms with Gasteiger partial charge in [0.1, 0.15) is 0 Å². The van der Waals surface area contributed by atoms with Crippen LogP contribution in [0.15, 0.2) is 0 Å². The lowest BCUT2D eigenvalue weighted by Gasteiger charge is -2.30. The molecule has 2 N–H and O–H groups in total. The Morgan fingerprint density at radius 3 is 2.65 bits per heavy atom. The summed E-state index contributed by atoms with van der Waals surface area (Å²) in [6, 6.07) is 1.45.